The number of nitrogens with zero attached hydrogens (tertiary/aromatic N) is 2. The molecular formula is C11H18N4O2. The Morgan fingerprint density at radius 1 is 1.35 bits per heavy atom. The van der Waals surface area contributed by atoms with E-state index in [0.29, 0.717) is 30.7 Å². The van der Waals surface area contributed by atoms with Crippen molar-refractivity contribution in [3.63, 3.8) is 0 Å². The Bertz CT molecular complexity index is 351. The fourth-order valence-corrected chi connectivity index (χ4v) is 1.05. The van der Waals surface area contributed by atoms with Gasteiger partial charge in [-0.15, -0.1) is 0 Å². The quantitative estimate of drug-likeness (QED) is 0.416. The van der Waals surface area contributed by atoms with Gasteiger partial charge in [0.15, 0.2) is 0 Å². The summed E-state index contributed by atoms with van der Waals surface area (Å²) < 4.78 is 10.7. The van der Waals surface area contributed by atoms with Crippen LogP contribution in [0.25, 0.3) is 0 Å². The summed E-state index contributed by atoms with van der Waals surface area (Å²) in [6.07, 6.45) is 2.85. The highest BCUT2D eigenvalue weighted by Gasteiger charge is 2.00. The summed E-state index contributed by atoms with van der Waals surface area (Å²) in [4.78, 5) is 7.90. The third-order valence-electron chi connectivity index (χ3n) is 1.83. The van der Waals surface area contributed by atoms with Gasteiger partial charge in [-0.1, -0.05) is 13.8 Å². The molecule has 0 saturated heterocycles. The molecule has 0 aliphatic rings. The van der Waals surface area contributed by atoms with Gasteiger partial charge in [0, 0.05) is 6.61 Å². The van der Waals surface area contributed by atoms with Crippen molar-refractivity contribution in [2.24, 2.45) is 11.7 Å². The van der Waals surface area contributed by atoms with Gasteiger partial charge in [0.2, 0.25) is 5.88 Å². The molecule has 0 amide bonds. The van der Waals surface area contributed by atoms with Gasteiger partial charge in [-0.2, -0.15) is 0 Å². The van der Waals surface area contributed by atoms with Crippen molar-refractivity contribution >= 4 is 5.84 Å². The Balaban J connectivity index is 2.25. The Morgan fingerprint density at radius 2 is 2.12 bits per heavy atom. The van der Waals surface area contributed by atoms with Crippen molar-refractivity contribution in [3.8, 4) is 5.88 Å². The van der Waals surface area contributed by atoms with E-state index in [4.69, 9.17) is 20.6 Å². The SMILES string of the molecule is CC(C)COCCOc1cnc(C(=N)N)cn1. The van der Waals surface area contributed by atoms with Crippen molar-refractivity contribution in [1.29, 1.82) is 5.41 Å². The molecule has 1 rings (SSSR count). The zero-order valence-electron chi connectivity index (χ0n) is 10.1. The number of nitrogens with one attached hydrogen (secondary N) is 1. The van der Waals surface area contributed by atoms with Crippen LogP contribution in [0.3, 0.4) is 0 Å². The summed E-state index contributed by atoms with van der Waals surface area (Å²) in [6, 6.07) is 0. The standard InChI is InChI=1S/C11H18N4O2/c1-8(2)7-16-3-4-17-10-6-14-9(5-15-10)11(12)13/h5-6,8H,3-4,7H2,1-2H3,(H3,12,13). The summed E-state index contributed by atoms with van der Waals surface area (Å²) >= 11 is 0. The highest BCUT2D eigenvalue weighted by Crippen LogP contribution is 2.03. The molecule has 0 spiro atoms. The molecule has 1 heterocycles. The first kappa shape index (κ1) is 13.4. The topological polar surface area (TPSA) is 94.1 Å². The first-order valence-electron chi connectivity index (χ1n) is 5.46. The zero-order chi connectivity index (χ0) is 12.7. The summed E-state index contributed by atoms with van der Waals surface area (Å²) in [5, 5.41) is 7.15. The average Bonchev–Trinajstić information content (AvgIpc) is 2.29. The minimum Gasteiger partial charge on any atom is -0.474 e. The minimum absolute atomic E-state index is 0.107. The van der Waals surface area contributed by atoms with Crippen molar-refractivity contribution in [3.05, 3.63) is 18.1 Å². The van der Waals surface area contributed by atoms with E-state index >= 15 is 0 Å². The second-order valence-corrected chi connectivity index (χ2v) is 3.97. The molecule has 0 bridgehead atoms. The van der Waals surface area contributed by atoms with Gasteiger partial charge in [-0.05, 0) is 5.92 Å². The second kappa shape index (κ2) is 6.80. The molecule has 17 heavy (non-hydrogen) atoms. The van der Waals surface area contributed by atoms with E-state index in [9.17, 15) is 0 Å². The van der Waals surface area contributed by atoms with E-state index < -0.39 is 0 Å². The summed E-state index contributed by atoms with van der Waals surface area (Å²) in [6.45, 7) is 5.85. The van der Waals surface area contributed by atoms with E-state index in [-0.39, 0.29) is 5.84 Å². The molecule has 0 radical (unpaired) electrons. The minimum atomic E-state index is -0.107. The van der Waals surface area contributed by atoms with Crippen LogP contribution in [0, 0.1) is 11.3 Å². The molecule has 6 heteroatoms. The fraction of sp³-hybridized carbons (Fsp3) is 0.545. The molecule has 3 N–H and O–H groups in total. The Hall–Kier alpha value is -1.69. The first-order chi connectivity index (χ1) is 8.09. The summed E-state index contributed by atoms with van der Waals surface area (Å²) in [5.41, 5.74) is 5.59. The number of ether oxygens (including phenoxy) is 2. The third kappa shape index (κ3) is 5.26. The van der Waals surface area contributed by atoms with E-state index in [0.717, 1.165) is 6.61 Å². The Labute approximate surface area is 101 Å². The number of nitrogens with two attached hydrogens (primary N) is 1. The van der Waals surface area contributed by atoms with Crippen LogP contribution in [0.2, 0.25) is 0 Å². The number of hydrogen-bond donors (Lipinski definition) is 2. The van der Waals surface area contributed by atoms with E-state index in [1.54, 1.807) is 0 Å². The molecule has 94 valence electrons. The number of aromatic nitrogens is 2. The maximum Gasteiger partial charge on any atom is 0.232 e. The second-order valence-electron chi connectivity index (χ2n) is 3.97. The first-order valence-corrected chi connectivity index (χ1v) is 5.46. The van der Waals surface area contributed by atoms with Gasteiger partial charge >= 0.3 is 0 Å². The average molecular weight is 238 g/mol. The number of rotatable bonds is 7. The monoisotopic (exact) mass is 238 g/mol. The van der Waals surface area contributed by atoms with Gasteiger partial charge in [0.05, 0.1) is 19.0 Å². The van der Waals surface area contributed by atoms with Gasteiger partial charge in [-0.3, -0.25) is 5.41 Å². The lowest BCUT2D eigenvalue weighted by Gasteiger charge is -2.07. The fourth-order valence-electron chi connectivity index (χ4n) is 1.05. The normalized spacial score (nSPS) is 10.5. The smallest absolute Gasteiger partial charge is 0.232 e. The van der Waals surface area contributed by atoms with Crippen LogP contribution in [0.5, 0.6) is 5.88 Å². The van der Waals surface area contributed by atoms with Crippen molar-refractivity contribution in [2.45, 2.75) is 13.8 Å². The van der Waals surface area contributed by atoms with Crippen LogP contribution < -0.4 is 10.5 Å². The van der Waals surface area contributed by atoms with Crippen LogP contribution in [0.1, 0.15) is 19.5 Å². The lowest BCUT2D eigenvalue weighted by atomic mass is 10.2. The van der Waals surface area contributed by atoms with Crippen LogP contribution in [0.4, 0.5) is 0 Å². The van der Waals surface area contributed by atoms with E-state index in [2.05, 4.69) is 23.8 Å². The number of amidine groups is 1. The molecule has 0 atom stereocenters. The Kier molecular flexibility index (Phi) is 5.35. The van der Waals surface area contributed by atoms with Gasteiger partial charge in [0.1, 0.15) is 18.1 Å². The predicted octanol–water partition coefficient (Wildman–Crippen LogP) is 0.812. The van der Waals surface area contributed by atoms with Crippen molar-refractivity contribution in [2.75, 3.05) is 19.8 Å². The van der Waals surface area contributed by atoms with Gasteiger partial charge in [-0.25, -0.2) is 9.97 Å². The molecule has 6 nitrogen and oxygen atoms in total. The maximum absolute atomic E-state index is 7.15. The molecule has 0 unspecified atom stereocenters. The van der Waals surface area contributed by atoms with Gasteiger partial charge in [0.25, 0.3) is 0 Å². The number of nitrogen functional groups attached to an aromatic ring is 1. The lowest BCUT2D eigenvalue weighted by molar-refractivity contribution is 0.0805. The number of hydrogen-bond acceptors (Lipinski definition) is 5. The highest BCUT2D eigenvalue weighted by molar-refractivity contribution is 5.92. The molecule has 0 aliphatic heterocycles. The molecule has 0 aliphatic carbocycles. The highest BCUT2D eigenvalue weighted by atomic mass is 16.5. The molecule has 1 aromatic heterocycles. The van der Waals surface area contributed by atoms with Crippen LogP contribution in [-0.4, -0.2) is 35.6 Å². The lowest BCUT2D eigenvalue weighted by Crippen LogP contribution is -2.14. The molecule has 0 aromatic carbocycles. The largest absolute Gasteiger partial charge is 0.474 e. The summed E-state index contributed by atoms with van der Waals surface area (Å²) in [7, 11) is 0. The van der Waals surface area contributed by atoms with Gasteiger partial charge < -0.3 is 15.2 Å². The molecular weight excluding hydrogens is 220 g/mol. The zero-order valence-corrected chi connectivity index (χ0v) is 10.1. The van der Waals surface area contributed by atoms with E-state index in [1.807, 2.05) is 0 Å². The van der Waals surface area contributed by atoms with E-state index in [1.165, 1.54) is 12.4 Å². The Morgan fingerprint density at radius 3 is 2.65 bits per heavy atom. The molecule has 1 aromatic rings. The van der Waals surface area contributed by atoms with Crippen molar-refractivity contribution < 1.29 is 9.47 Å². The summed E-state index contributed by atoms with van der Waals surface area (Å²) in [5.74, 6) is 0.817. The third-order valence-corrected chi connectivity index (χ3v) is 1.83. The van der Waals surface area contributed by atoms with Crippen molar-refractivity contribution in [1.82, 2.24) is 9.97 Å². The van der Waals surface area contributed by atoms with Crippen LogP contribution >= 0.6 is 0 Å². The molecule has 0 fully saturated rings. The maximum atomic E-state index is 7.15. The predicted molar refractivity (Wildman–Crippen MR) is 64.2 cm³/mol. The van der Waals surface area contributed by atoms with Crippen LogP contribution in [0.15, 0.2) is 12.4 Å². The molecule has 0 saturated carbocycles. The van der Waals surface area contributed by atoms with Crippen LogP contribution in [-0.2, 0) is 4.74 Å².